The van der Waals surface area contributed by atoms with Gasteiger partial charge in [-0.2, -0.15) is 9.78 Å². The van der Waals surface area contributed by atoms with Crippen molar-refractivity contribution < 1.29 is 14.3 Å². The Morgan fingerprint density at radius 3 is 2.84 bits per heavy atom. The first-order chi connectivity index (χ1) is 17.9. The molecule has 0 aromatic carbocycles. The van der Waals surface area contributed by atoms with E-state index in [0.717, 1.165) is 27.6 Å². The molecule has 0 aliphatic carbocycles. The SMILES string of the molecule is COc1cnc(Cl)cc1-c1cc(-n2ncc(C)cc2=O)ncc1C(=O)Nc1nnc(SC2CCOC2)s1. The summed E-state index contributed by atoms with van der Waals surface area (Å²) in [5.74, 6) is 0.137. The van der Waals surface area contributed by atoms with Gasteiger partial charge < -0.3 is 9.47 Å². The van der Waals surface area contributed by atoms with E-state index in [1.165, 1.54) is 36.9 Å². The van der Waals surface area contributed by atoms with Gasteiger partial charge >= 0.3 is 0 Å². The fourth-order valence-corrected chi connectivity index (χ4v) is 5.87. The van der Waals surface area contributed by atoms with Gasteiger partial charge in [-0.05, 0) is 31.0 Å². The van der Waals surface area contributed by atoms with Crippen LogP contribution in [0, 0.1) is 6.92 Å². The highest BCUT2D eigenvalue weighted by molar-refractivity contribution is 8.01. The first kappa shape index (κ1) is 25.3. The molecule has 5 rings (SSSR count). The standard InChI is InChI=1S/C23H20ClN7O4S2/c1-12-5-20(32)31(27-8-12)19-7-14(15-6-18(24)25-10-17(15)34-2)16(9-26-19)21(33)28-22-29-30-23(37-22)36-13-3-4-35-11-13/h5-10,13H,3-4,11H2,1-2H3,(H,28,29,33). The molecule has 1 unspecified atom stereocenters. The average Bonchev–Trinajstić information content (AvgIpc) is 3.56. The van der Waals surface area contributed by atoms with Crippen LogP contribution in [0.25, 0.3) is 16.9 Å². The lowest BCUT2D eigenvalue weighted by Crippen LogP contribution is -2.22. The Balaban J connectivity index is 1.52. The second-order valence-electron chi connectivity index (χ2n) is 8.01. The van der Waals surface area contributed by atoms with Crippen LogP contribution in [0.5, 0.6) is 5.75 Å². The van der Waals surface area contributed by atoms with Gasteiger partial charge in [-0.25, -0.2) is 9.97 Å². The summed E-state index contributed by atoms with van der Waals surface area (Å²) < 4.78 is 12.8. The summed E-state index contributed by atoms with van der Waals surface area (Å²) in [6.07, 6.45) is 5.32. The minimum Gasteiger partial charge on any atom is -0.494 e. The predicted molar refractivity (Wildman–Crippen MR) is 140 cm³/mol. The second kappa shape index (κ2) is 10.9. The van der Waals surface area contributed by atoms with Crippen molar-refractivity contribution in [3.63, 3.8) is 0 Å². The van der Waals surface area contributed by atoms with Crippen LogP contribution in [0.2, 0.25) is 5.15 Å². The van der Waals surface area contributed by atoms with Crippen molar-refractivity contribution in [1.82, 2.24) is 29.9 Å². The third-order valence-corrected chi connectivity index (χ3v) is 7.78. The molecule has 0 saturated carbocycles. The van der Waals surface area contributed by atoms with Crippen LogP contribution in [-0.2, 0) is 4.74 Å². The summed E-state index contributed by atoms with van der Waals surface area (Å²) in [4.78, 5) is 34.3. The summed E-state index contributed by atoms with van der Waals surface area (Å²) in [6, 6.07) is 4.60. The molecule has 0 bridgehead atoms. The zero-order valence-corrected chi connectivity index (χ0v) is 22.1. The fourth-order valence-electron chi connectivity index (χ4n) is 3.65. The van der Waals surface area contributed by atoms with Gasteiger partial charge in [-0.15, -0.1) is 10.2 Å². The molecule has 1 atom stereocenters. The summed E-state index contributed by atoms with van der Waals surface area (Å²) in [6.45, 7) is 3.18. The van der Waals surface area contributed by atoms with Crippen LogP contribution in [0.3, 0.4) is 0 Å². The van der Waals surface area contributed by atoms with Crippen molar-refractivity contribution in [2.45, 2.75) is 22.9 Å². The monoisotopic (exact) mass is 557 g/mol. The Morgan fingerprint density at radius 1 is 1.22 bits per heavy atom. The van der Waals surface area contributed by atoms with Gasteiger partial charge in [-0.3, -0.25) is 14.9 Å². The highest BCUT2D eigenvalue weighted by Gasteiger charge is 2.22. The summed E-state index contributed by atoms with van der Waals surface area (Å²) in [5, 5.41) is 16.1. The number of amides is 1. The number of rotatable bonds is 7. The van der Waals surface area contributed by atoms with E-state index in [1.54, 1.807) is 37.0 Å². The molecule has 11 nitrogen and oxygen atoms in total. The van der Waals surface area contributed by atoms with Crippen LogP contribution in [0.1, 0.15) is 22.3 Å². The van der Waals surface area contributed by atoms with Crippen molar-refractivity contribution in [2.24, 2.45) is 0 Å². The zero-order chi connectivity index (χ0) is 25.9. The topological polar surface area (TPSA) is 134 Å². The summed E-state index contributed by atoms with van der Waals surface area (Å²) in [5.41, 5.74) is 1.47. The Bertz CT molecular complexity index is 1520. The van der Waals surface area contributed by atoms with Crippen molar-refractivity contribution in [3.05, 3.63) is 63.4 Å². The lowest BCUT2D eigenvalue weighted by molar-refractivity contribution is 0.102. The fraction of sp³-hybridized carbons (Fsp3) is 0.261. The molecule has 1 fully saturated rings. The quantitative estimate of drug-likeness (QED) is 0.265. The van der Waals surface area contributed by atoms with Crippen LogP contribution in [-0.4, -0.2) is 61.4 Å². The Kier molecular flexibility index (Phi) is 7.46. The molecule has 4 aromatic heterocycles. The predicted octanol–water partition coefficient (Wildman–Crippen LogP) is 3.64. The van der Waals surface area contributed by atoms with Gasteiger partial charge in [-0.1, -0.05) is 34.7 Å². The third kappa shape index (κ3) is 5.64. The number of anilines is 1. The highest BCUT2D eigenvalue weighted by Crippen LogP contribution is 2.36. The number of halogens is 1. The number of nitrogens with one attached hydrogen (secondary N) is 1. The van der Waals surface area contributed by atoms with Crippen molar-refractivity contribution in [3.8, 4) is 22.7 Å². The second-order valence-corrected chi connectivity index (χ2v) is 10.9. The maximum atomic E-state index is 13.4. The number of thioether (sulfide) groups is 1. The van der Waals surface area contributed by atoms with E-state index >= 15 is 0 Å². The van der Waals surface area contributed by atoms with E-state index in [1.807, 2.05) is 0 Å². The first-order valence-electron chi connectivity index (χ1n) is 11.1. The highest BCUT2D eigenvalue weighted by atomic mass is 35.5. The van der Waals surface area contributed by atoms with Crippen LogP contribution in [0.15, 0.2) is 45.9 Å². The zero-order valence-electron chi connectivity index (χ0n) is 19.7. The maximum Gasteiger partial charge on any atom is 0.273 e. The molecule has 37 heavy (non-hydrogen) atoms. The van der Waals surface area contributed by atoms with E-state index in [2.05, 4.69) is 30.6 Å². The van der Waals surface area contributed by atoms with Crippen LogP contribution >= 0.6 is 34.7 Å². The molecule has 0 radical (unpaired) electrons. The van der Waals surface area contributed by atoms with Gasteiger partial charge in [0.25, 0.3) is 11.5 Å². The molecule has 190 valence electrons. The molecule has 0 spiro atoms. The number of hydrogen-bond acceptors (Lipinski definition) is 11. The van der Waals surface area contributed by atoms with Gasteiger partial charge in [0.05, 0.1) is 31.7 Å². The summed E-state index contributed by atoms with van der Waals surface area (Å²) >= 11 is 9.04. The van der Waals surface area contributed by atoms with Crippen molar-refractivity contribution in [1.29, 1.82) is 0 Å². The number of nitrogens with zero attached hydrogens (tertiary/aromatic N) is 6. The van der Waals surface area contributed by atoms with Gasteiger partial charge in [0, 0.05) is 35.2 Å². The van der Waals surface area contributed by atoms with Crippen LogP contribution < -0.4 is 15.6 Å². The van der Waals surface area contributed by atoms with E-state index in [0.29, 0.717) is 33.9 Å². The number of carbonyl (C=O) groups excluding carboxylic acids is 1. The molecule has 1 aliphatic rings. The molecule has 1 aliphatic heterocycles. The Hall–Kier alpha value is -3.39. The van der Waals surface area contributed by atoms with E-state index in [9.17, 15) is 9.59 Å². The smallest absolute Gasteiger partial charge is 0.273 e. The van der Waals surface area contributed by atoms with E-state index in [4.69, 9.17) is 21.1 Å². The molecule has 1 N–H and O–H groups in total. The number of hydrogen-bond donors (Lipinski definition) is 1. The lowest BCUT2D eigenvalue weighted by atomic mass is 10.0. The normalized spacial score (nSPS) is 15.1. The Morgan fingerprint density at radius 2 is 2.08 bits per heavy atom. The molecule has 14 heteroatoms. The van der Waals surface area contributed by atoms with E-state index < -0.39 is 5.91 Å². The largest absolute Gasteiger partial charge is 0.494 e. The first-order valence-corrected chi connectivity index (χ1v) is 13.1. The number of methoxy groups -OCH3 is 1. The number of aromatic nitrogens is 6. The minimum atomic E-state index is -0.467. The average molecular weight is 558 g/mol. The van der Waals surface area contributed by atoms with Crippen LogP contribution in [0.4, 0.5) is 5.13 Å². The number of pyridine rings is 2. The molecule has 1 saturated heterocycles. The number of carbonyl (C=O) groups is 1. The molecule has 1 amide bonds. The lowest BCUT2D eigenvalue weighted by Gasteiger charge is -2.14. The van der Waals surface area contributed by atoms with Crippen molar-refractivity contribution >= 4 is 45.7 Å². The molecular weight excluding hydrogens is 538 g/mol. The van der Waals surface area contributed by atoms with Gasteiger partial charge in [0.2, 0.25) is 5.13 Å². The van der Waals surface area contributed by atoms with Gasteiger partial charge in [0.15, 0.2) is 10.2 Å². The Labute approximate surface area is 224 Å². The van der Waals surface area contributed by atoms with E-state index in [-0.39, 0.29) is 22.1 Å². The number of ether oxygens (including phenoxy) is 2. The van der Waals surface area contributed by atoms with Crippen molar-refractivity contribution in [2.75, 3.05) is 25.6 Å². The molecule has 5 heterocycles. The van der Waals surface area contributed by atoms with Gasteiger partial charge in [0.1, 0.15) is 10.9 Å². The maximum absolute atomic E-state index is 13.4. The summed E-state index contributed by atoms with van der Waals surface area (Å²) in [7, 11) is 1.48. The minimum absolute atomic E-state index is 0.202. The number of aryl methyl sites for hydroxylation is 1. The molecule has 4 aromatic rings. The molecular formula is C23H20ClN7O4S2. The third-order valence-electron chi connectivity index (χ3n) is 5.41.